The van der Waals surface area contributed by atoms with Crippen molar-refractivity contribution in [2.24, 2.45) is 5.73 Å². The van der Waals surface area contributed by atoms with Gasteiger partial charge in [0.1, 0.15) is 0 Å². The normalized spacial score (nSPS) is 10.1. The lowest BCUT2D eigenvalue weighted by molar-refractivity contribution is -0.116. The van der Waals surface area contributed by atoms with E-state index in [2.05, 4.69) is 0 Å². The van der Waals surface area contributed by atoms with E-state index in [4.69, 9.17) is 5.73 Å². The Morgan fingerprint density at radius 1 is 1.40 bits per heavy atom. The van der Waals surface area contributed by atoms with Crippen LogP contribution >= 0.6 is 0 Å². The summed E-state index contributed by atoms with van der Waals surface area (Å²) in [5.74, 6) is -2.36. The van der Waals surface area contributed by atoms with E-state index in [1.165, 1.54) is 6.07 Å². The fourth-order valence-corrected chi connectivity index (χ4v) is 1.26. The molecule has 0 unspecified atom stereocenters. The molecule has 0 aromatic heterocycles. The zero-order valence-electron chi connectivity index (χ0n) is 8.34. The summed E-state index contributed by atoms with van der Waals surface area (Å²) in [6.45, 7) is 2.28. The molecule has 0 saturated heterocycles. The van der Waals surface area contributed by atoms with Crippen LogP contribution in [0.1, 0.15) is 6.92 Å². The van der Waals surface area contributed by atoms with Crippen molar-refractivity contribution in [3.63, 3.8) is 0 Å². The Labute approximate surface area is 86.5 Å². The zero-order chi connectivity index (χ0) is 11.4. The Bertz CT molecular complexity index is 368. The van der Waals surface area contributed by atoms with Crippen molar-refractivity contribution in [1.29, 1.82) is 0 Å². The van der Waals surface area contributed by atoms with Gasteiger partial charge >= 0.3 is 0 Å². The summed E-state index contributed by atoms with van der Waals surface area (Å²) in [5.41, 5.74) is 5.47. The summed E-state index contributed by atoms with van der Waals surface area (Å²) in [5, 5.41) is 0. The van der Waals surface area contributed by atoms with Crippen LogP contribution in [0.4, 0.5) is 14.5 Å². The molecular formula is C10H12F2N2O. The number of carbonyl (C=O) groups is 1. The van der Waals surface area contributed by atoms with Gasteiger partial charge in [0.15, 0.2) is 11.6 Å². The van der Waals surface area contributed by atoms with Gasteiger partial charge < -0.3 is 10.6 Å². The fourth-order valence-electron chi connectivity index (χ4n) is 1.26. The Hall–Kier alpha value is -1.65. The average Bonchev–Trinajstić information content (AvgIpc) is 2.18. The van der Waals surface area contributed by atoms with Crippen LogP contribution in [-0.4, -0.2) is 19.0 Å². The molecule has 82 valence electrons. The quantitative estimate of drug-likeness (QED) is 0.820. The number of nitrogens with two attached hydrogens (primary N) is 1. The maximum atomic E-state index is 12.9. The predicted molar refractivity (Wildman–Crippen MR) is 53.4 cm³/mol. The maximum Gasteiger partial charge on any atom is 0.236 e. The van der Waals surface area contributed by atoms with E-state index in [1.807, 2.05) is 0 Å². The highest BCUT2D eigenvalue weighted by atomic mass is 19.2. The van der Waals surface area contributed by atoms with Crippen molar-refractivity contribution in [3.05, 3.63) is 29.8 Å². The summed E-state index contributed by atoms with van der Waals surface area (Å²) in [6.07, 6.45) is 0. The highest BCUT2D eigenvalue weighted by molar-refractivity contribution is 5.79. The van der Waals surface area contributed by atoms with Crippen LogP contribution < -0.4 is 10.6 Å². The van der Waals surface area contributed by atoms with E-state index >= 15 is 0 Å². The smallest absolute Gasteiger partial charge is 0.236 e. The molecule has 0 aliphatic heterocycles. The van der Waals surface area contributed by atoms with Crippen molar-refractivity contribution in [2.45, 2.75) is 6.92 Å². The highest BCUT2D eigenvalue weighted by Gasteiger charge is 2.10. The van der Waals surface area contributed by atoms with Crippen molar-refractivity contribution < 1.29 is 13.6 Å². The number of primary amides is 1. The molecule has 0 bridgehead atoms. The molecule has 1 aromatic rings. The van der Waals surface area contributed by atoms with E-state index in [0.29, 0.717) is 12.2 Å². The number of benzene rings is 1. The standard InChI is InChI=1S/C10H12F2N2O/c1-2-14(6-10(13)15)7-3-4-8(11)9(12)5-7/h3-5H,2,6H2,1H3,(H2,13,15). The molecule has 0 spiro atoms. The second-order valence-corrected chi connectivity index (χ2v) is 3.08. The first-order valence-electron chi connectivity index (χ1n) is 4.53. The number of rotatable bonds is 4. The minimum absolute atomic E-state index is 0.0123. The minimum Gasteiger partial charge on any atom is -0.368 e. The summed E-state index contributed by atoms with van der Waals surface area (Å²) in [4.78, 5) is 12.3. The first-order chi connectivity index (χ1) is 7.04. The average molecular weight is 214 g/mol. The van der Waals surface area contributed by atoms with Crippen LogP contribution in [0.3, 0.4) is 0 Å². The number of hydrogen-bond acceptors (Lipinski definition) is 2. The van der Waals surface area contributed by atoms with Crippen LogP contribution in [0, 0.1) is 11.6 Å². The molecule has 0 aliphatic carbocycles. The van der Waals surface area contributed by atoms with Crippen LogP contribution in [0.5, 0.6) is 0 Å². The number of amides is 1. The molecule has 15 heavy (non-hydrogen) atoms. The molecule has 0 heterocycles. The summed E-state index contributed by atoms with van der Waals surface area (Å²) < 4.78 is 25.5. The van der Waals surface area contributed by atoms with Crippen molar-refractivity contribution in [3.8, 4) is 0 Å². The van der Waals surface area contributed by atoms with E-state index in [0.717, 1.165) is 12.1 Å². The largest absolute Gasteiger partial charge is 0.368 e. The Morgan fingerprint density at radius 3 is 2.53 bits per heavy atom. The summed E-state index contributed by atoms with van der Waals surface area (Å²) in [7, 11) is 0. The van der Waals surface area contributed by atoms with Gasteiger partial charge in [0, 0.05) is 18.3 Å². The SMILES string of the molecule is CCN(CC(N)=O)c1ccc(F)c(F)c1. The van der Waals surface area contributed by atoms with Crippen molar-refractivity contribution in [1.82, 2.24) is 0 Å². The van der Waals surface area contributed by atoms with Gasteiger partial charge in [0.2, 0.25) is 5.91 Å². The van der Waals surface area contributed by atoms with Crippen LogP contribution in [0.2, 0.25) is 0 Å². The number of anilines is 1. The van der Waals surface area contributed by atoms with Gasteiger partial charge in [0.05, 0.1) is 6.54 Å². The number of halogens is 2. The summed E-state index contributed by atoms with van der Waals surface area (Å²) >= 11 is 0. The fraction of sp³-hybridized carbons (Fsp3) is 0.300. The Kier molecular flexibility index (Phi) is 3.60. The Morgan fingerprint density at radius 2 is 2.07 bits per heavy atom. The number of nitrogens with zero attached hydrogens (tertiary/aromatic N) is 1. The number of likely N-dealkylation sites (N-methyl/N-ethyl adjacent to an activating group) is 1. The second-order valence-electron chi connectivity index (χ2n) is 3.08. The molecule has 0 fully saturated rings. The maximum absolute atomic E-state index is 12.9. The monoisotopic (exact) mass is 214 g/mol. The first kappa shape index (κ1) is 11.4. The third-order valence-electron chi connectivity index (χ3n) is 2.00. The Balaban J connectivity index is 2.92. The predicted octanol–water partition coefficient (Wildman–Crippen LogP) is 1.28. The van der Waals surface area contributed by atoms with Gasteiger partial charge in [-0.25, -0.2) is 8.78 Å². The van der Waals surface area contributed by atoms with Gasteiger partial charge in [-0.05, 0) is 19.1 Å². The number of hydrogen-bond donors (Lipinski definition) is 1. The zero-order valence-corrected chi connectivity index (χ0v) is 8.34. The van der Waals surface area contributed by atoms with E-state index in [9.17, 15) is 13.6 Å². The van der Waals surface area contributed by atoms with Crippen molar-refractivity contribution >= 4 is 11.6 Å². The molecule has 1 rings (SSSR count). The molecule has 1 aromatic carbocycles. The first-order valence-corrected chi connectivity index (χ1v) is 4.53. The van der Waals surface area contributed by atoms with Gasteiger partial charge in [-0.3, -0.25) is 4.79 Å². The minimum atomic E-state index is -0.935. The number of carbonyl (C=O) groups excluding carboxylic acids is 1. The molecule has 5 heteroatoms. The van der Waals surface area contributed by atoms with Crippen molar-refractivity contribution in [2.75, 3.05) is 18.0 Å². The van der Waals surface area contributed by atoms with E-state index in [1.54, 1.807) is 11.8 Å². The summed E-state index contributed by atoms with van der Waals surface area (Å²) in [6, 6.07) is 3.47. The van der Waals surface area contributed by atoms with Crippen LogP contribution in [-0.2, 0) is 4.79 Å². The third kappa shape index (κ3) is 2.90. The molecule has 1 amide bonds. The third-order valence-corrected chi connectivity index (χ3v) is 2.00. The van der Waals surface area contributed by atoms with E-state index in [-0.39, 0.29) is 6.54 Å². The van der Waals surface area contributed by atoms with Gasteiger partial charge in [0.25, 0.3) is 0 Å². The molecule has 0 aliphatic rings. The molecular weight excluding hydrogens is 202 g/mol. The second kappa shape index (κ2) is 4.72. The molecule has 0 radical (unpaired) electrons. The molecule has 0 saturated carbocycles. The van der Waals surface area contributed by atoms with Gasteiger partial charge in [-0.1, -0.05) is 0 Å². The van der Waals surface area contributed by atoms with Crippen LogP contribution in [0.15, 0.2) is 18.2 Å². The van der Waals surface area contributed by atoms with Crippen LogP contribution in [0.25, 0.3) is 0 Å². The highest BCUT2D eigenvalue weighted by Crippen LogP contribution is 2.17. The lowest BCUT2D eigenvalue weighted by Gasteiger charge is -2.21. The molecule has 0 atom stereocenters. The lowest BCUT2D eigenvalue weighted by Crippen LogP contribution is -2.33. The van der Waals surface area contributed by atoms with E-state index < -0.39 is 17.5 Å². The lowest BCUT2D eigenvalue weighted by atomic mass is 10.2. The van der Waals surface area contributed by atoms with Gasteiger partial charge in [-0.2, -0.15) is 0 Å². The van der Waals surface area contributed by atoms with Gasteiger partial charge in [-0.15, -0.1) is 0 Å². The molecule has 2 N–H and O–H groups in total. The topological polar surface area (TPSA) is 46.3 Å². The molecule has 3 nitrogen and oxygen atoms in total.